The molecule has 0 aliphatic carbocycles. The van der Waals surface area contributed by atoms with Gasteiger partial charge in [0.15, 0.2) is 0 Å². The van der Waals surface area contributed by atoms with E-state index in [1.807, 2.05) is 13.0 Å². The molecule has 0 radical (unpaired) electrons. The summed E-state index contributed by atoms with van der Waals surface area (Å²) < 4.78 is 54.2. The van der Waals surface area contributed by atoms with Crippen LogP contribution >= 0.6 is 0 Å². The molecule has 7 heteroatoms. The Morgan fingerprint density at radius 1 is 0.778 bits per heavy atom. The molecule has 0 saturated heterocycles. The normalized spacial score (nSPS) is 15.1. The van der Waals surface area contributed by atoms with Gasteiger partial charge in [0, 0.05) is 11.1 Å². The van der Waals surface area contributed by atoms with Crippen LogP contribution in [0.3, 0.4) is 0 Å². The van der Waals surface area contributed by atoms with Crippen LogP contribution in [0.15, 0.2) is 76.5 Å². The van der Waals surface area contributed by atoms with Crippen LogP contribution in [-0.2, 0) is 20.0 Å². The van der Waals surface area contributed by atoms with Crippen molar-refractivity contribution < 1.29 is 16.8 Å². The highest BCUT2D eigenvalue weighted by Gasteiger charge is 2.44. The summed E-state index contributed by atoms with van der Waals surface area (Å²) >= 11 is 0. The first kappa shape index (κ1) is 17.8. The number of rotatable bonds is 2. The van der Waals surface area contributed by atoms with E-state index in [2.05, 4.69) is 0 Å². The van der Waals surface area contributed by atoms with Crippen molar-refractivity contribution in [2.75, 3.05) is 3.71 Å². The Bertz CT molecular complexity index is 1240. The summed E-state index contributed by atoms with van der Waals surface area (Å²) in [7, 11) is -8.62. The number of nitrogens with zero attached hydrogens (tertiary/aromatic N) is 1. The molecule has 0 amide bonds. The number of hydrogen-bond donors (Lipinski definition) is 0. The number of sulfonamides is 2. The second kappa shape index (κ2) is 5.94. The van der Waals surface area contributed by atoms with E-state index in [0.29, 0.717) is 20.4 Å². The molecule has 4 rings (SSSR count). The SMILES string of the molecule is Cc1ccc(C)c2c1-c1ccccc1S(=O)(=O)N2S(=O)(=O)c1ccccc1. The Hall–Kier alpha value is -2.64. The molecule has 0 atom stereocenters. The van der Waals surface area contributed by atoms with Crippen LogP contribution < -0.4 is 3.71 Å². The third-order valence-electron chi connectivity index (χ3n) is 4.68. The van der Waals surface area contributed by atoms with Crippen molar-refractivity contribution in [2.24, 2.45) is 0 Å². The molecule has 0 fully saturated rings. The summed E-state index contributed by atoms with van der Waals surface area (Å²) in [5.74, 6) is 0. The van der Waals surface area contributed by atoms with Crippen molar-refractivity contribution in [1.29, 1.82) is 0 Å². The fraction of sp³-hybridized carbons (Fsp3) is 0.100. The van der Waals surface area contributed by atoms with Crippen molar-refractivity contribution in [1.82, 2.24) is 0 Å². The maximum absolute atomic E-state index is 13.4. The van der Waals surface area contributed by atoms with Crippen molar-refractivity contribution in [3.05, 3.63) is 77.9 Å². The van der Waals surface area contributed by atoms with Gasteiger partial charge in [-0.2, -0.15) is 12.1 Å². The second-order valence-corrected chi connectivity index (χ2v) is 10.2. The average molecular weight is 399 g/mol. The third kappa shape index (κ3) is 2.49. The molecule has 0 saturated carbocycles. The number of anilines is 1. The first-order chi connectivity index (χ1) is 12.8. The Morgan fingerprint density at radius 2 is 1.37 bits per heavy atom. The predicted molar refractivity (Wildman–Crippen MR) is 105 cm³/mol. The average Bonchev–Trinajstić information content (AvgIpc) is 2.65. The summed E-state index contributed by atoms with van der Waals surface area (Å²) in [6.07, 6.45) is 0. The van der Waals surface area contributed by atoms with Crippen LogP contribution in [-0.4, -0.2) is 16.8 Å². The first-order valence-corrected chi connectivity index (χ1v) is 11.2. The molecular weight excluding hydrogens is 382 g/mol. The van der Waals surface area contributed by atoms with Gasteiger partial charge in [-0.3, -0.25) is 0 Å². The smallest absolute Gasteiger partial charge is 0.200 e. The molecule has 138 valence electrons. The third-order valence-corrected chi connectivity index (χ3v) is 8.88. The highest BCUT2D eigenvalue weighted by Crippen LogP contribution is 2.48. The molecule has 3 aromatic carbocycles. The standard InChI is InChI=1S/C20H17NO4S2/c1-14-12-13-15(2)20-19(14)17-10-6-7-11-18(17)27(24,25)21(20)26(22,23)16-8-4-3-5-9-16/h3-13H,1-2H3. The maximum Gasteiger partial charge on any atom is 0.278 e. The number of hydrogen-bond acceptors (Lipinski definition) is 4. The van der Waals surface area contributed by atoms with Crippen molar-refractivity contribution >= 4 is 25.7 Å². The number of aryl methyl sites for hydroxylation is 2. The van der Waals surface area contributed by atoms with Gasteiger partial charge in [-0.05, 0) is 43.2 Å². The topological polar surface area (TPSA) is 71.5 Å². The van der Waals surface area contributed by atoms with Gasteiger partial charge >= 0.3 is 0 Å². The van der Waals surface area contributed by atoms with E-state index in [-0.39, 0.29) is 15.5 Å². The minimum Gasteiger partial charge on any atom is -0.200 e. The van der Waals surface area contributed by atoms with E-state index >= 15 is 0 Å². The molecule has 0 unspecified atom stereocenters. The van der Waals surface area contributed by atoms with E-state index in [1.54, 1.807) is 49.4 Å². The Kier molecular flexibility index (Phi) is 3.90. The van der Waals surface area contributed by atoms with Crippen molar-refractivity contribution in [3.63, 3.8) is 0 Å². The fourth-order valence-corrected chi connectivity index (χ4v) is 7.47. The maximum atomic E-state index is 13.4. The molecule has 1 heterocycles. The Labute approximate surface area is 159 Å². The van der Waals surface area contributed by atoms with E-state index < -0.39 is 20.0 Å². The molecular formula is C20H17NO4S2. The molecule has 0 N–H and O–H groups in total. The predicted octanol–water partition coefficient (Wildman–Crippen LogP) is 3.87. The molecule has 1 aliphatic rings. The van der Waals surface area contributed by atoms with E-state index in [9.17, 15) is 16.8 Å². The van der Waals surface area contributed by atoms with Crippen LogP contribution in [0.2, 0.25) is 0 Å². The summed E-state index contributed by atoms with van der Waals surface area (Å²) in [6.45, 7) is 3.57. The van der Waals surface area contributed by atoms with Crippen LogP contribution in [0.25, 0.3) is 11.1 Å². The van der Waals surface area contributed by atoms with Crippen molar-refractivity contribution in [2.45, 2.75) is 23.6 Å². The highest BCUT2D eigenvalue weighted by atomic mass is 32.3. The monoisotopic (exact) mass is 399 g/mol. The summed E-state index contributed by atoms with van der Waals surface area (Å²) in [6, 6.07) is 17.7. The molecule has 0 aromatic heterocycles. The lowest BCUT2D eigenvalue weighted by atomic mass is 9.96. The largest absolute Gasteiger partial charge is 0.278 e. The van der Waals surface area contributed by atoms with Crippen LogP contribution in [0.4, 0.5) is 5.69 Å². The summed E-state index contributed by atoms with van der Waals surface area (Å²) in [5, 5.41) is 0. The fourth-order valence-electron chi connectivity index (χ4n) is 3.42. The summed E-state index contributed by atoms with van der Waals surface area (Å²) in [5.41, 5.74) is 2.73. The zero-order valence-electron chi connectivity index (χ0n) is 14.7. The highest BCUT2D eigenvalue weighted by molar-refractivity contribution is 8.10. The quantitative estimate of drug-likeness (QED) is 0.656. The molecule has 3 aromatic rings. The Balaban J connectivity index is 2.16. The number of fused-ring (bicyclic) bond motifs is 3. The van der Waals surface area contributed by atoms with Gasteiger partial charge in [-0.25, -0.2) is 8.42 Å². The van der Waals surface area contributed by atoms with Gasteiger partial charge in [-0.15, -0.1) is 0 Å². The number of benzene rings is 3. The lowest BCUT2D eigenvalue weighted by Gasteiger charge is -2.33. The lowest BCUT2D eigenvalue weighted by molar-refractivity contribution is 0.583. The van der Waals surface area contributed by atoms with Gasteiger partial charge < -0.3 is 0 Å². The van der Waals surface area contributed by atoms with Crippen LogP contribution in [0, 0.1) is 13.8 Å². The zero-order chi connectivity index (χ0) is 19.4. The van der Waals surface area contributed by atoms with Gasteiger partial charge in [0.25, 0.3) is 20.0 Å². The molecule has 0 bridgehead atoms. The molecule has 0 spiro atoms. The van der Waals surface area contributed by atoms with E-state index in [0.717, 1.165) is 5.56 Å². The van der Waals surface area contributed by atoms with Crippen molar-refractivity contribution in [3.8, 4) is 11.1 Å². The van der Waals surface area contributed by atoms with Crippen LogP contribution in [0.1, 0.15) is 11.1 Å². The van der Waals surface area contributed by atoms with Crippen LogP contribution in [0.5, 0.6) is 0 Å². The Morgan fingerprint density at radius 3 is 2.07 bits per heavy atom. The lowest BCUT2D eigenvalue weighted by Crippen LogP contribution is -2.40. The molecule has 27 heavy (non-hydrogen) atoms. The van der Waals surface area contributed by atoms with Gasteiger partial charge in [0.1, 0.15) is 0 Å². The molecule has 1 aliphatic heterocycles. The van der Waals surface area contributed by atoms with Gasteiger partial charge in [0.2, 0.25) is 0 Å². The van der Waals surface area contributed by atoms with Gasteiger partial charge in [-0.1, -0.05) is 48.5 Å². The zero-order valence-corrected chi connectivity index (χ0v) is 16.4. The van der Waals surface area contributed by atoms with Gasteiger partial charge in [0.05, 0.1) is 15.5 Å². The minimum absolute atomic E-state index is 0.00861. The minimum atomic E-state index is -4.32. The summed E-state index contributed by atoms with van der Waals surface area (Å²) in [4.78, 5) is -0.0782. The van der Waals surface area contributed by atoms with E-state index in [4.69, 9.17) is 0 Å². The molecule has 5 nitrogen and oxygen atoms in total. The second-order valence-electron chi connectivity index (χ2n) is 6.44. The van der Waals surface area contributed by atoms with E-state index in [1.165, 1.54) is 18.2 Å². The first-order valence-electron chi connectivity index (χ1n) is 8.31.